The summed E-state index contributed by atoms with van der Waals surface area (Å²) in [5, 5.41) is 1.13. The van der Waals surface area contributed by atoms with Gasteiger partial charge in [-0.25, -0.2) is 0 Å². The summed E-state index contributed by atoms with van der Waals surface area (Å²) in [6.45, 7) is 1.32. The largest absolute Gasteiger partial charge is 0.495 e. The Hall–Kier alpha value is -3.47. The number of fused-ring (bicyclic) bond motifs is 3. The fraction of sp³-hybridized carbons (Fsp3) is 0.174. The lowest BCUT2D eigenvalue weighted by molar-refractivity contribution is 0.0735. The van der Waals surface area contributed by atoms with E-state index in [9.17, 15) is 4.79 Å². The van der Waals surface area contributed by atoms with Crippen molar-refractivity contribution in [3.05, 3.63) is 83.8 Å². The summed E-state index contributed by atoms with van der Waals surface area (Å²) in [5.41, 5.74) is 5.17. The number of nitrogens with one attached hydrogen (secondary N) is 1. The normalized spacial score (nSPS) is 13.5. The third kappa shape index (κ3) is 2.67. The minimum atomic E-state index is 0.0713. The van der Waals surface area contributed by atoms with Crippen molar-refractivity contribution in [2.75, 3.05) is 13.7 Å². The van der Waals surface area contributed by atoms with Gasteiger partial charge >= 0.3 is 0 Å². The van der Waals surface area contributed by atoms with Crippen molar-refractivity contribution in [1.29, 1.82) is 0 Å². The molecule has 1 amide bonds. The number of aromatic amines is 1. The number of aromatic nitrogens is 2. The first kappa shape index (κ1) is 16.7. The molecule has 5 heteroatoms. The highest BCUT2D eigenvalue weighted by Gasteiger charge is 2.25. The fourth-order valence-corrected chi connectivity index (χ4v) is 4.02. The molecule has 0 fully saturated rings. The van der Waals surface area contributed by atoms with Crippen molar-refractivity contribution in [1.82, 2.24) is 14.5 Å². The summed E-state index contributed by atoms with van der Waals surface area (Å²) < 4.78 is 7.51. The van der Waals surface area contributed by atoms with Crippen LogP contribution in [-0.2, 0) is 13.0 Å². The molecule has 140 valence electrons. The van der Waals surface area contributed by atoms with Crippen molar-refractivity contribution in [2.45, 2.75) is 13.0 Å². The van der Waals surface area contributed by atoms with Crippen molar-refractivity contribution in [2.24, 2.45) is 0 Å². The summed E-state index contributed by atoms with van der Waals surface area (Å²) in [4.78, 5) is 18.5. The average molecular weight is 371 g/mol. The zero-order valence-electron chi connectivity index (χ0n) is 15.7. The molecule has 5 rings (SSSR count). The molecule has 28 heavy (non-hydrogen) atoms. The fourth-order valence-electron chi connectivity index (χ4n) is 4.02. The standard InChI is InChI=1S/C23H21N3O2/c1-28-21-6-4-5-18-19-15-26(14-11-20(19)24-22(18)21)23(27)16-7-9-17(10-8-16)25-12-2-3-13-25/h2-10,12-13,24H,11,14-15H2,1H3. The monoisotopic (exact) mass is 371 g/mol. The Morgan fingerprint density at radius 2 is 1.82 bits per heavy atom. The number of carbonyl (C=O) groups is 1. The Bertz CT molecular complexity index is 1140. The van der Waals surface area contributed by atoms with Crippen LogP contribution in [0.5, 0.6) is 5.75 Å². The lowest BCUT2D eigenvalue weighted by Gasteiger charge is -2.27. The Kier molecular flexibility index (Phi) is 3.93. The van der Waals surface area contributed by atoms with Crippen LogP contribution < -0.4 is 4.74 Å². The third-order valence-corrected chi connectivity index (χ3v) is 5.50. The van der Waals surface area contributed by atoms with E-state index in [2.05, 4.69) is 11.1 Å². The predicted octanol–water partition coefficient (Wildman–Crippen LogP) is 4.17. The summed E-state index contributed by atoms with van der Waals surface area (Å²) in [7, 11) is 1.68. The summed E-state index contributed by atoms with van der Waals surface area (Å²) in [6, 6.07) is 17.8. The molecule has 0 saturated carbocycles. The van der Waals surface area contributed by atoms with Crippen molar-refractivity contribution < 1.29 is 9.53 Å². The first-order valence-corrected chi connectivity index (χ1v) is 9.44. The van der Waals surface area contributed by atoms with Gasteiger partial charge in [0.1, 0.15) is 5.75 Å². The highest BCUT2D eigenvalue weighted by molar-refractivity contribution is 5.95. The van der Waals surface area contributed by atoms with E-state index in [1.165, 1.54) is 11.3 Å². The second kappa shape index (κ2) is 6.60. The molecule has 0 aliphatic carbocycles. The lowest BCUT2D eigenvalue weighted by Crippen LogP contribution is -2.35. The van der Waals surface area contributed by atoms with Gasteiger partial charge < -0.3 is 19.2 Å². The Balaban J connectivity index is 1.42. The van der Waals surface area contributed by atoms with Crippen LogP contribution in [0.25, 0.3) is 16.6 Å². The number of H-pyrrole nitrogens is 1. The van der Waals surface area contributed by atoms with Gasteiger partial charge in [0.25, 0.3) is 5.91 Å². The molecule has 0 unspecified atom stereocenters. The van der Waals surface area contributed by atoms with Crippen LogP contribution in [0.15, 0.2) is 67.0 Å². The molecule has 1 aliphatic rings. The molecule has 0 atom stereocenters. The first-order chi connectivity index (χ1) is 13.7. The van der Waals surface area contributed by atoms with Crippen LogP contribution in [0.3, 0.4) is 0 Å². The van der Waals surface area contributed by atoms with Crippen LogP contribution in [0, 0.1) is 0 Å². The molecule has 0 saturated heterocycles. The number of para-hydroxylation sites is 1. The van der Waals surface area contributed by atoms with E-state index < -0.39 is 0 Å². The molecule has 3 heterocycles. The zero-order valence-corrected chi connectivity index (χ0v) is 15.7. The number of benzene rings is 2. The van der Waals surface area contributed by atoms with E-state index >= 15 is 0 Å². The van der Waals surface area contributed by atoms with Crippen LogP contribution in [0.1, 0.15) is 21.6 Å². The average Bonchev–Trinajstić information content (AvgIpc) is 3.41. The maximum atomic E-state index is 13.1. The molecule has 2 aromatic carbocycles. The van der Waals surface area contributed by atoms with Gasteiger partial charge in [0, 0.05) is 59.8 Å². The maximum Gasteiger partial charge on any atom is 0.254 e. The highest BCUT2D eigenvalue weighted by Crippen LogP contribution is 2.33. The minimum Gasteiger partial charge on any atom is -0.495 e. The first-order valence-electron chi connectivity index (χ1n) is 9.44. The second-order valence-corrected chi connectivity index (χ2v) is 7.08. The molecule has 5 nitrogen and oxygen atoms in total. The van der Waals surface area contributed by atoms with Crippen molar-refractivity contribution in [3.8, 4) is 11.4 Å². The van der Waals surface area contributed by atoms with Gasteiger partial charge in [-0.2, -0.15) is 0 Å². The topological polar surface area (TPSA) is 50.3 Å². The number of ether oxygens (including phenoxy) is 1. The minimum absolute atomic E-state index is 0.0713. The number of methoxy groups -OCH3 is 1. The van der Waals surface area contributed by atoms with E-state index in [4.69, 9.17) is 4.74 Å². The lowest BCUT2D eigenvalue weighted by atomic mass is 10.0. The van der Waals surface area contributed by atoms with Crippen molar-refractivity contribution >= 4 is 16.8 Å². The number of nitrogens with zero attached hydrogens (tertiary/aromatic N) is 2. The van der Waals surface area contributed by atoms with Gasteiger partial charge in [-0.15, -0.1) is 0 Å². The smallest absolute Gasteiger partial charge is 0.254 e. The molecular formula is C23H21N3O2. The quantitative estimate of drug-likeness (QED) is 0.588. The number of carbonyl (C=O) groups excluding carboxylic acids is 1. The van der Waals surface area contributed by atoms with Gasteiger partial charge in [-0.1, -0.05) is 12.1 Å². The van der Waals surface area contributed by atoms with Crippen LogP contribution in [0.4, 0.5) is 0 Å². The third-order valence-electron chi connectivity index (χ3n) is 5.50. The van der Waals surface area contributed by atoms with Gasteiger partial charge in [-0.3, -0.25) is 4.79 Å². The van der Waals surface area contributed by atoms with Gasteiger partial charge in [0.15, 0.2) is 0 Å². The number of rotatable bonds is 3. The van der Waals surface area contributed by atoms with E-state index in [0.29, 0.717) is 13.1 Å². The molecule has 2 aromatic heterocycles. The molecule has 1 N–H and O–H groups in total. The molecular weight excluding hydrogens is 350 g/mol. The van der Waals surface area contributed by atoms with E-state index in [-0.39, 0.29) is 5.91 Å². The van der Waals surface area contributed by atoms with E-state index in [1.807, 2.05) is 70.4 Å². The van der Waals surface area contributed by atoms with Crippen LogP contribution in [0.2, 0.25) is 0 Å². The van der Waals surface area contributed by atoms with Gasteiger partial charge in [-0.05, 0) is 42.5 Å². The molecule has 0 radical (unpaired) electrons. The van der Waals surface area contributed by atoms with Crippen LogP contribution in [-0.4, -0.2) is 34.0 Å². The highest BCUT2D eigenvalue weighted by atomic mass is 16.5. The number of hydrogen-bond acceptors (Lipinski definition) is 2. The van der Waals surface area contributed by atoms with Gasteiger partial charge in [0.05, 0.1) is 12.6 Å². The van der Waals surface area contributed by atoms with Crippen molar-refractivity contribution in [3.63, 3.8) is 0 Å². The van der Waals surface area contributed by atoms with E-state index in [0.717, 1.165) is 34.3 Å². The summed E-state index contributed by atoms with van der Waals surface area (Å²) in [6.07, 6.45) is 4.81. The van der Waals surface area contributed by atoms with Gasteiger partial charge in [0.2, 0.25) is 0 Å². The Morgan fingerprint density at radius 3 is 2.57 bits per heavy atom. The van der Waals surface area contributed by atoms with E-state index in [1.54, 1.807) is 7.11 Å². The predicted molar refractivity (Wildman–Crippen MR) is 109 cm³/mol. The molecule has 0 bridgehead atoms. The summed E-state index contributed by atoms with van der Waals surface area (Å²) in [5.74, 6) is 0.910. The molecule has 4 aromatic rings. The SMILES string of the molecule is COc1cccc2c3c([nH]c12)CCN(C(=O)c1ccc(-n2cccc2)cc1)C3. The number of hydrogen-bond donors (Lipinski definition) is 1. The Morgan fingerprint density at radius 1 is 1.04 bits per heavy atom. The molecule has 0 spiro atoms. The Labute approximate surface area is 163 Å². The second-order valence-electron chi connectivity index (χ2n) is 7.08. The number of amides is 1. The maximum absolute atomic E-state index is 13.1. The summed E-state index contributed by atoms with van der Waals surface area (Å²) >= 11 is 0. The zero-order chi connectivity index (χ0) is 19.1. The van der Waals surface area contributed by atoms with Crippen LogP contribution >= 0.6 is 0 Å². The molecule has 1 aliphatic heterocycles.